The first-order chi connectivity index (χ1) is 11.2. The average Bonchev–Trinajstić information content (AvgIpc) is 2.96. The molecular weight excluding hydrogens is 332 g/mol. The van der Waals surface area contributed by atoms with E-state index >= 15 is 0 Å². The third kappa shape index (κ3) is 3.10. The summed E-state index contributed by atoms with van der Waals surface area (Å²) < 4.78 is 1.37. The molecule has 3 aromatic rings. The summed E-state index contributed by atoms with van der Waals surface area (Å²) in [4.78, 5) is 25.9. The van der Waals surface area contributed by atoms with Crippen molar-refractivity contribution in [2.75, 3.05) is 10.6 Å². The number of nitrogens with one attached hydrogen (secondary N) is 2. The van der Waals surface area contributed by atoms with Crippen molar-refractivity contribution in [3.63, 3.8) is 0 Å². The Hall–Kier alpha value is -2.26. The fourth-order valence-corrected chi connectivity index (χ4v) is 3.84. The van der Waals surface area contributed by atoms with E-state index < -0.39 is 0 Å². The minimum absolute atomic E-state index is 0.280. The Bertz CT molecular complexity index is 833. The molecule has 0 bridgehead atoms. The summed E-state index contributed by atoms with van der Waals surface area (Å²) in [6, 6.07) is 0.304. The molecule has 118 valence electrons. The van der Waals surface area contributed by atoms with Crippen LogP contribution in [0.1, 0.15) is 18.5 Å². The van der Waals surface area contributed by atoms with E-state index in [1.807, 2.05) is 12.3 Å². The number of amides is 1. The second kappa shape index (κ2) is 5.74. The van der Waals surface area contributed by atoms with Crippen LogP contribution in [0, 0.1) is 6.92 Å². The van der Waals surface area contributed by atoms with E-state index in [4.69, 9.17) is 0 Å². The number of rotatable bonds is 4. The molecule has 2 N–H and O–H groups in total. The van der Waals surface area contributed by atoms with Crippen LogP contribution >= 0.6 is 22.7 Å². The van der Waals surface area contributed by atoms with Gasteiger partial charge in [0.15, 0.2) is 10.3 Å². The van der Waals surface area contributed by atoms with Gasteiger partial charge < -0.3 is 5.32 Å². The molecular formula is C14H14N6OS2. The Morgan fingerprint density at radius 3 is 2.96 bits per heavy atom. The van der Waals surface area contributed by atoms with Crippen LogP contribution in [0.15, 0.2) is 24.1 Å². The van der Waals surface area contributed by atoms with Crippen LogP contribution < -0.4 is 10.6 Å². The van der Waals surface area contributed by atoms with E-state index in [1.165, 1.54) is 35.1 Å². The number of imidazole rings is 1. The Morgan fingerprint density at radius 1 is 1.35 bits per heavy atom. The van der Waals surface area contributed by atoms with Crippen LogP contribution in [0.5, 0.6) is 0 Å². The lowest BCUT2D eigenvalue weighted by Crippen LogP contribution is -2.17. The van der Waals surface area contributed by atoms with Gasteiger partial charge in [0, 0.05) is 23.8 Å². The molecule has 3 aromatic heterocycles. The largest absolute Gasteiger partial charge is 0.359 e. The first-order valence-electron chi connectivity index (χ1n) is 7.18. The number of hydrogen-bond donors (Lipinski definition) is 2. The van der Waals surface area contributed by atoms with Gasteiger partial charge in [-0.15, -0.1) is 11.3 Å². The molecule has 0 unspecified atom stereocenters. The van der Waals surface area contributed by atoms with Crippen LogP contribution in [0.2, 0.25) is 0 Å². The zero-order chi connectivity index (χ0) is 15.8. The monoisotopic (exact) mass is 346 g/mol. The van der Waals surface area contributed by atoms with Crippen molar-refractivity contribution in [2.24, 2.45) is 0 Å². The lowest BCUT2D eigenvalue weighted by molar-refractivity contribution is 0.253. The summed E-state index contributed by atoms with van der Waals surface area (Å²) in [5, 5.41) is 9.69. The lowest BCUT2D eigenvalue weighted by atomic mass is 10.3. The molecule has 4 rings (SSSR count). The maximum Gasteiger partial charge on any atom is 0.333 e. The van der Waals surface area contributed by atoms with E-state index in [1.54, 1.807) is 23.7 Å². The number of anilines is 2. The highest BCUT2D eigenvalue weighted by Crippen LogP contribution is 2.35. The minimum Gasteiger partial charge on any atom is -0.359 e. The predicted molar refractivity (Wildman–Crippen MR) is 91.2 cm³/mol. The topological polar surface area (TPSA) is 84.7 Å². The van der Waals surface area contributed by atoms with Crippen molar-refractivity contribution in [1.29, 1.82) is 0 Å². The molecule has 0 spiro atoms. The van der Waals surface area contributed by atoms with E-state index in [0.717, 1.165) is 21.4 Å². The number of carbonyl (C=O) groups is 1. The molecule has 7 nitrogen and oxygen atoms in total. The maximum absolute atomic E-state index is 12.0. The van der Waals surface area contributed by atoms with Gasteiger partial charge in [0.25, 0.3) is 0 Å². The minimum atomic E-state index is -0.280. The number of hydrogen-bond acceptors (Lipinski definition) is 7. The summed E-state index contributed by atoms with van der Waals surface area (Å²) in [5.74, 6) is 0. The molecule has 0 saturated heterocycles. The van der Waals surface area contributed by atoms with Crippen LogP contribution in [-0.4, -0.2) is 31.6 Å². The van der Waals surface area contributed by atoms with E-state index in [9.17, 15) is 4.79 Å². The Morgan fingerprint density at radius 2 is 2.22 bits per heavy atom. The average molecular weight is 346 g/mol. The van der Waals surface area contributed by atoms with Crippen LogP contribution in [0.25, 0.3) is 10.6 Å². The zero-order valence-corrected chi connectivity index (χ0v) is 13.9. The summed E-state index contributed by atoms with van der Waals surface area (Å²) in [6.45, 7) is 1.92. The maximum atomic E-state index is 12.0. The molecule has 1 saturated carbocycles. The third-order valence-electron chi connectivity index (χ3n) is 3.39. The van der Waals surface area contributed by atoms with Crippen LogP contribution in [-0.2, 0) is 0 Å². The van der Waals surface area contributed by atoms with Gasteiger partial charge in [-0.3, -0.25) is 9.88 Å². The first kappa shape index (κ1) is 14.3. The van der Waals surface area contributed by atoms with Crippen molar-refractivity contribution in [2.45, 2.75) is 25.8 Å². The first-order valence-corrected chi connectivity index (χ1v) is 8.88. The molecule has 3 heterocycles. The van der Waals surface area contributed by atoms with Crippen molar-refractivity contribution in [3.8, 4) is 10.6 Å². The smallest absolute Gasteiger partial charge is 0.333 e. The lowest BCUT2D eigenvalue weighted by Gasteiger charge is -2.00. The molecule has 0 aliphatic heterocycles. The third-order valence-corrected chi connectivity index (χ3v) is 5.26. The molecule has 0 radical (unpaired) electrons. The molecule has 1 fully saturated rings. The summed E-state index contributed by atoms with van der Waals surface area (Å²) in [5.41, 5.74) is 1.76. The van der Waals surface area contributed by atoms with Gasteiger partial charge in [0.2, 0.25) is 0 Å². The van der Waals surface area contributed by atoms with Crippen LogP contribution in [0.4, 0.5) is 15.1 Å². The highest BCUT2D eigenvalue weighted by Gasteiger charge is 2.22. The quantitative estimate of drug-likeness (QED) is 0.756. The van der Waals surface area contributed by atoms with E-state index in [-0.39, 0.29) is 6.03 Å². The molecule has 0 aromatic carbocycles. The van der Waals surface area contributed by atoms with Crippen molar-refractivity contribution in [3.05, 3.63) is 29.8 Å². The SMILES string of the molecule is Cc1nc(NC(=O)n2ccnc2)sc1-c1csc(NC2CC2)n1. The summed E-state index contributed by atoms with van der Waals surface area (Å²) in [7, 11) is 0. The van der Waals surface area contributed by atoms with Gasteiger partial charge in [0.1, 0.15) is 6.33 Å². The Balaban J connectivity index is 1.52. The molecule has 9 heteroatoms. The van der Waals surface area contributed by atoms with Crippen molar-refractivity contribution >= 4 is 39.0 Å². The van der Waals surface area contributed by atoms with Crippen LogP contribution in [0.3, 0.4) is 0 Å². The summed E-state index contributed by atoms with van der Waals surface area (Å²) >= 11 is 3.03. The highest BCUT2D eigenvalue weighted by molar-refractivity contribution is 7.19. The second-order valence-electron chi connectivity index (χ2n) is 5.29. The van der Waals surface area contributed by atoms with Gasteiger partial charge in [-0.2, -0.15) is 0 Å². The highest BCUT2D eigenvalue weighted by atomic mass is 32.1. The van der Waals surface area contributed by atoms with E-state index in [0.29, 0.717) is 11.2 Å². The molecule has 23 heavy (non-hydrogen) atoms. The zero-order valence-electron chi connectivity index (χ0n) is 12.3. The fraction of sp³-hybridized carbons (Fsp3) is 0.286. The van der Waals surface area contributed by atoms with Gasteiger partial charge in [-0.25, -0.2) is 19.7 Å². The van der Waals surface area contributed by atoms with Gasteiger partial charge >= 0.3 is 6.03 Å². The van der Waals surface area contributed by atoms with Crippen molar-refractivity contribution < 1.29 is 4.79 Å². The van der Waals surface area contributed by atoms with Crippen molar-refractivity contribution in [1.82, 2.24) is 19.5 Å². The normalized spacial score (nSPS) is 14.0. The molecule has 0 atom stereocenters. The molecule has 1 aliphatic rings. The fourth-order valence-electron chi connectivity index (χ4n) is 2.07. The molecule has 1 aliphatic carbocycles. The number of nitrogens with zero attached hydrogens (tertiary/aromatic N) is 4. The number of aryl methyl sites for hydroxylation is 1. The summed E-state index contributed by atoms with van der Waals surface area (Å²) in [6.07, 6.45) is 7.04. The van der Waals surface area contributed by atoms with Gasteiger partial charge in [-0.05, 0) is 19.8 Å². The Labute approximate surface area is 140 Å². The second-order valence-corrected chi connectivity index (χ2v) is 7.15. The van der Waals surface area contributed by atoms with Gasteiger partial charge in [-0.1, -0.05) is 11.3 Å². The molecule has 1 amide bonds. The number of carbonyl (C=O) groups excluding carboxylic acids is 1. The predicted octanol–water partition coefficient (Wildman–Crippen LogP) is 3.43. The van der Waals surface area contributed by atoms with E-state index in [2.05, 4.69) is 25.6 Å². The Kier molecular flexibility index (Phi) is 3.58. The standard InChI is InChI=1S/C14H14N6OS2/c1-8-11(10-6-22-12(18-10)17-9-2-3-9)23-13(16-8)19-14(21)20-5-4-15-7-20/h4-7,9H,2-3H2,1H3,(H,17,18)(H,16,19,21). The van der Waals surface area contributed by atoms with Gasteiger partial charge in [0.05, 0.1) is 16.3 Å². The number of thiazole rings is 2. The number of aromatic nitrogens is 4.